The summed E-state index contributed by atoms with van der Waals surface area (Å²) in [6, 6.07) is 7.66. The van der Waals surface area contributed by atoms with Crippen LogP contribution in [0.2, 0.25) is 0 Å². The molecule has 0 aromatic heterocycles. The van der Waals surface area contributed by atoms with Gasteiger partial charge in [-0.3, -0.25) is 0 Å². The van der Waals surface area contributed by atoms with Crippen molar-refractivity contribution in [3.8, 4) is 11.5 Å². The third kappa shape index (κ3) is 4.83. The van der Waals surface area contributed by atoms with Gasteiger partial charge >= 0.3 is 0 Å². The van der Waals surface area contributed by atoms with Crippen LogP contribution in [0.3, 0.4) is 0 Å². The molecular formula is C18H30N2O4+2. The predicted molar refractivity (Wildman–Crippen MR) is 90.0 cm³/mol. The molecule has 2 aliphatic rings. The summed E-state index contributed by atoms with van der Waals surface area (Å²) >= 11 is 0. The van der Waals surface area contributed by atoms with E-state index < -0.39 is 6.10 Å². The number of rotatable bonds is 7. The molecular weight excluding hydrogens is 308 g/mol. The molecule has 0 bridgehead atoms. The van der Waals surface area contributed by atoms with Crippen molar-refractivity contribution in [2.75, 3.05) is 59.1 Å². The molecule has 134 valence electrons. The van der Waals surface area contributed by atoms with E-state index in [1.165, 1.54) is 24.5 Å². The van der Waals surface area contributed by atoms with Gasteiger partial charge in [-0.2, -0.15) is 0 Å². The van der Waals surface area contributed by atoms with Gasteiger partial charge in [0, 0.05) is 0 Å². The fourth-order valence-electron chi connectivity index (χ4n) is 3.39. The lowest BCUT2D eigenvalue weighted by Gasteiger charge is -2.30. The Morgan fingerprint density at radius 3 is 2.62 bits per heavy atom. The first-order chi connectivity index (χ1) is 11.7. The summed E-state index contributed by atoms with van der Waals surface area (Å²) in [5, 5.41) is 10.2. The summed E-state index contributed by atoms with van der Waals surface area (Å²) in [5.74, 6) is 1.55. The molecule has 0 saturated carbocycles. The minimum absolute atomic E-state index is 0.115. The van der Waals surface area contributed by atoms with Crippen molar-refractivity contribution in [1.82, 2.24) is 0 Å². The molecule has 2 heterocycles. The Morgan fingerprint density at radius 1 is 1.17 bits per heavy atom. The number of hydrogen-bond donors (Lipinski definition) is 3. The Bertz CT molecular complexity index is 506. The smallest absolute Gasteiger partial charge is 0.161 e. The summed E-state index contributed by atoms with van der Waals surface area (Å²) in [7, 11) is 0. The number of piperazine rings is 1. The largest absolute Gasteiger partial charge is 0.486 e. The molecule has 2 atom stereocenters. The SMILES string of the molecule is CC[NH+]1CC[NH+](C[C@@H](O)COC[C@H]2COc3ccccc3O2)CC1. The summed E-state index contributed by atoms with van der Waals surface area (Å²) in [4.78, 5) is 3.15. The number of quaternary nitrogens is 2. The number of fused-ring (bicyclic) bond motifs is 1. The zero-order valence-corrected chi connectivity index (χ0v) is 14.5. The third-order valence-electron chi connectivity index (χ3n) is 4.87. The minimum atomic E-state index is -0.417. The molecule has 24 heavy (non-hydrogen) atoms. The number of nitrogens with one attached hydrogen (secondary N) is 2. The van der Waals surface area contributed by atoms with Crippen LogP contribution in [0, 0.1) is 0 Å². The maximum Gasteiger partial charge on any atom is 0.161 e. The minimum Gasteiger partial charge on any atom is -0.486 e. The summed E-state index contributed by atoms with van der Waals surface area (Å²) < 4.78 is 17.2. The van der Waals surface area contributed by atoms with E-state index in [-0.39, 0.29) is 6.10 Å². The van der Waals surface area contributed by atoms with Crippen molar-refractivity contribution in [2.45, 2.75) is 19.1 Å². The number of likely N-dealkylation sites (N-methyl/N-ethyl adjacent to an activating group) is 1. The maximum atomic E-state index is 10.2. The van der Waals surface area contributed by atoms with Crippen LogP contribution in [-0.4, -0.2) is 76.4 Å². The monoisotopic (exact) mass is 338 g/mol. The van der Waals surface area contributed by atoms with E-state index in [2.05, 4.69) is 6.92 Å². The predicted octanol–water partition coefficient (Wildman–Crippen LogP) is -1.99. The van der Waals surface area contributed by atoms with E-state index in [0.717, 1.165) is 31.1 Å². The molecule has 1 saturated heterocycles. The highest BCUT2D eigenvalue weighted by Gasteiger charge is 2.25. The summed E-state index contributed by atoms with van der Waals surface area (Å²) in [6.07, 6.45) is -0.531. The van der Waals surface area contributed by atoms with E-state index in [9.17, 15) is 5.11 Å². The quantitative estimate of drug-likeness (QED) is 0.539. The molecule has 0 aliphatic carbocycles. The molecule has 2 aliphatic heterocycles. The molecule has 6 heteroatoms. The topological polar surface area (TPSA) is 56.8 Å². The molecule has 6 nitrogen and oxygen atoms in total. The second-order valence-electron chi connectivity index (χ2n) is 6.75. The van der Waals surface area contributed by atoms with Crippen molar-refractivity contribution >= 4 is 0 Å². The summed E-state index contributed by atoms with van der Waals surface area (Å²) in [6.45, 7) is 10.2. The third-order valence-corrected chi connectivity index (χ3v) is 4.87. The highest BCUT2D eigenvalue weighted by atomic mass is 16.6. The number of para-hydroxylation sites is 2. The van der Waals surface area contributed by atoms with Gasteiger partial charge in [-0.1, -0.05) is 12.1 Å². The Hall–Kier alpha value is -1.34. The van der Waals surface area contributed by atoms with E-state index >= 15 is 0 Å². The number of benzene rings is 1. The Balaban J connectivity index is 1.32. The van der Waals surface area contributed by atoms with Gasteiger partial charge in [0.2, 0.25) is 0 Å². The number of ether oxygens (including phenoxy) is 3. The maximum absolute atomic E-state index is 10.2. The normalized spacial score (nSPS) is 27.7. The zero-order valence-electron chi connectivity index (χ0n) is 14.5. The molecule has 3 N–H and O–H groups in total. The highest BCUT2D eigenvalue weighted by Crippen LogP contribution is 2.30. The standard InChI is InChI=1S/C18H28N2O4/c1-2-19-7-9-20(10-8-19)11-15(21)12-22-13-16-14-23-17-5-3-4-6-18(17)24-16/h3-6,15-16,21H,2,7-14H2,1H3/p+2/t15-,16+/m1/s1. The molecule has 0 amide bonds. The first-order valence-corrected chi connectivity index (χ1v) is 9.06. The van der Waals surface area contributed by atoms with Crippen molar-refractivity contribution in [3.63, 3.8) is 0 Å². The van der Waals surface area contributed by atoms with E-state index in [4.69, 9.17) is 14.2 Å². The molecule has 3 rings (SSSR count). The Labute approximate surface area is 143 Å². The van der Waals surface area contributed by atoms with Crippen LogP contribution in [-0.2, 0) is 4.74 Å². The van der Waals surface area contributed by atoms with Crippen molar-refractivity contribution in [3.05, 3.63) is 24.3 Å². The zero-order chi connectivity index (χ0) is 16.8. The van der Waals surface area contributed by atoms with Gasteiger partial charge in [0.15, 0.2) is 17.6 Å². The molecule has 1 aromatic carbocycles. The van der Waals surface area contributed by atoms with Gasteiger partial charge in [-0.25, -0.2) is 0 Å². The fourth-order valence-corrected chi connectivity index (χ4v) is 3.39. The van der Waals surface area contributed by atoms with Gasteiger partial charge in [-0.05, 0) is 19.1 Å². The molecule has 1 fully saturated rings. The molecule has 1 aromatic rings. The first kappa shape index (κ1) is 17.5. The van der Waals surface area contributed by atoms with Crippen LogP contribution in [0.1, 0.15) is 6.92 Å². The Morgan fingerprint density at radius 2 is 1.88 bits per heavy atom. The van der Waals surface area contributed by atoms with Crippen molar-refractivity contribution in [2.24, 2.45) is 0 Å². The fraction of sp³-hybridized carbons (Fsp3) is 0.667. The second-order valence-corrected chi connectivity index (χ2v) is 6.75. The van der Waals surface area contributed by atoms with Crippen LogP contribution < -0.4 is 19.3 Å². The van der Waals surface area contributed by atoms with Gasteiger partial charge in [-0.15, -0.1) is 0 Å². The number of aliphatic hydroxyl groups is 1. The van der Waals surface area contributed by atoms with Crippen LogP contribution in [0.25, 0.3) is 0 Å². The Kier molecular flexibility index (Phi) is 6.31. The lowest BCUT2D eigenvalue weighted by atomic mass is 10.2. The molecule has 0 radical (unpaired) electrons. The van der Waals surface area contributed by atoms with Gasteiger partial charge in [0.1, 0.15) is 45.4 Å². The van der Waals surface area contributed by atoms with Crippen LogP contribution in [0.4, 0.5) is 0 Å². The van der Waals surface area contributed by atoms with Crippen LogP contribution >= 0.6 is 0 Å². The van der Waals surface area contributed by atoms with Gasteiger partial charge in [0.05, 0.1) is 19.8 Å². The first-order valence-electron chi connectivity index (χ1n) is 9.06. The number of aliphatic hydroxyl groups excluding tert-OH is 1. The lowest BCUT2D eigenvalue weighted by molar-refractivity contribution is -1.01. The molecule has 0 spiro atoms. The summed E-state index contributed by atoms with van der Waals surface area (Å²) in [5.41, 5.74) is 0. The van der Waals surface area contributed by atoms with E-state index in [1.807, 2.05) is 24.3 Å². The van der Waals surface area contributed by atoms with Crippen molar-refractivity contribution < 1.29 is 29.1 Å². The van der Waals surface area contributed by atoms with Gasteiger partial charge in [0.25, 0.3) is 0 Å². The van der Waals surface area contributed by atoms with Crippen LogP contribution in [0.15, 0.2) is 24.3 Å². The number of hydrogen-bond acceptors (Lipinski definition) is 4. The average Bonchev–Trinajstić information content (AvgIpc) is 2.62. The highest BCUT2D eigenvalue weighted by molar-refractivity contribution is 5.40. The molecule has 0 unspecified atom stereocenters. The average molecular weight is 338 g/mol. The van der Waals surface area contributed by atoms with E-state index in [0.29, 0.717) is 19.8 Å². The second kappa shape index (κ2) is 8.67. The van der Waals surface area contributed by atoms with E-state index in [1.54, 1.807) is 4.90 Å². The lowest BCUT2D eigenvalue weighted by Crippen LogP contribution is -3.28. The van der Waals surface area contributed by atoms with Crippen LogP contribution in [0.5, 0.6) is 11.5 Å². The van der Waals surface area contributed by atoms with Crippen molar-refractivity contribution in [1.29, 1.82) is 0 Å². The van der Waals surface area contributed by atoms with Gasteiger partial charge < -0.3 is 29.1 Å².